The highest BCUT2D eigenvalue weighted by Crippen LogP contribution is 2.47. The molecule has 0 bridgehead atoms. The Balaban J connectivity index is 1.82. The first-order chi connectivity index (χ1) is 14.1. The lowest BCUT2D eigenvalue weighted by Gasteiger charge is -2.22. The number of methoxy groups -OCH3 is 1. The molecule has 3 aromatic rings. The van der Waals surface area contributed by atoms with Gasteiger partial charge in [-0.2, -0.15) is 0 Å². The lowest BCUT2D eigenvalue weighted by atomic mass is 10.1. The molecular weight excluding hydrogens is 392 g/mol. The number of amides is 1. The molecule has 7 nitrogen and oxygen atoms in total. The van der Waals surface area contributed by atoms with Crippen molar-refractivity contribution in [3.05, 3.63) is 64.9 Å². The fourth-order valence-corrected chi connectivity index (χ4v) is 3.24. The number of aromatic nitrogens is 3. The number of para-hydroxylation sites is 1. The number of benzene rings is 1. The third kappa shape index (κ3) is 4.00. The van der Waals surface area contributed by atoms with Gasteiger partial charge in [0.2, 0.25) is 0 Å². The summed E-state index contributed by atoms with van der Waals surface area (Å²) in [6.45, 7) is 1.97. The van der Waals surface area contributed by atoms with Crippen molar-refractivity contribution in [2.45, 2.75) is 25.7 Å². The number of nitrogens with zero attached hydrogens (tertiary/aromatic N) is 4. The zero-order valence-electron chi connectivity index (χ0n) is 16.0. The summed E-state index contributed by atoms with van der Waals surface area (Å²) >= 11 is 6.09. The lowest BCUT2D eigenvalue weighted by molar-refractivity contribution is 0.181. The van der Waals surface area contributed by atoms with Gasteiger partial charge in [-0.25, -0.2) is 14.7 Å². The second-order valence-electron chi connectivity index (χ2n) is 6.72. The summed E-state index contributed by atoms with van der Waals surface area (Å²) < 4.78 is 11.2. The Morgan fingerprint density at radius 2 is 2.00 bits per heavy atom. The predicted molar refractivity (Wildman–Crippen MR) is 109 cm³/mol. The number of rotatable bonds is 5. The van der Waals surface area contributed by atoms with Gasteiger partial charge in [0.25, 0.3) is 5.88 Å². The monoisotopic (exact) mass is 410 g/mol. The number of carbonyl (C=O) groups excluding carboxylic acids is 1. The Kier molecular flexibility index (Phi) is 5.31. The molecule has 0 atom stereocenters. The maximum absolute atomic E-state index is 12.6. The van der Waals surface area contributed by atoms with Gasteiger partial charge in [0.1, 0.15) is 17.3 Å². The molecule has 0 unspecified atom stereocenters. The minimum absolute atomic E-state index is 0.115. The van der Waals surface area contributed by atoms with Crippen molar-refractivity contribution < 1.29 is 14.3 Å². The Morgan fingerprint density at radius 3 is 2.69 bits per heavy atom. The lowest BCUT2D eigenvalue weighted by Crippen LogP contribution is -2.27. The number of halogens is 1. The summed E-state index contributed by atoms with van der Waals surface area (Å²) in [5.74, 6) is 1.68. The van der Waals surface area contributed by atoms with Gasteiger partial charge in [-0.1, -0.05) is 35.9 Å². The average molecular weight is 411 g/mol. The van der Waals surface area contributed by atoms with Crippen LogP contribution in [0.25, 0.3) is 0 Å². The molecule has 4 rings (SSSR count). The van der Waals surface area contributed by atoms with E-state index < -0.39 is 6.09 Å². The van der Waals surface area contributed by atoms with Crippen LogP contribution >= 0.6 is 11.6 Å². The van der Waals surface area contributed by atoms with Crippen LogP contribution in [0.4, 0.5) is 16.3 Å². The molecule has 1 saturated carbocycles. The van der Waals surface area contributed by atoms with E-state index in [9.17, 15) is 4.79 Å². The van der Waals surface area contributed by atoms with E-state index in [1.54, 1.807) is 24.4 Å². The van der Waals surface area contributed by atoms with Crippen LogP contribution in [0.15, 0.2) is 48.7 Å². The topological polar surface area (TPSA) is 77.4 Å². The van der Waals surface area contributed by atoms with Gasteiger partial charge in [0, 0.05) is 12.3 Å². The van der Waals surface area contributed by atoms with Crippen LogP contribution in [0.1, 0.15) is 29.9 Å². The minimum Gasteiger partial charge on any atom is -0.452 e. The number of ether oxygens (including phenoxy) is 2. The van der Waals surface area contributed by atoms with E-state index in [1.165, 1.54) is 18.1 Å². The average Bonchev–Trinajstić information content (AvgIpc) is 3.57. The van der Waals surface area contributed by atoms with E-state index in [0.717, 1.165) is 29.7 Å². The maximum atomic E-state index is 12.6. The van der Waals surface area contributed by atoms with Crippen molar-refractivity contribution in [3.63, 3.8) is 0 Å². The Hall–Kier alpha value is -3.19. The summed E-state index contributed by atoms with van der Waals surface area (Å²) in [7, 11) is 1.29. The third-order valence-corrected chi connectivity index (χ3v) is 4.83. The minimum atomic E-state index is -0.648. The zero-order valence-corrected chi connectivity index (χ0v) is 16.8. The SMILES string of the molecule is COC(=O)N(c1ccccn1)c1cc(Cl)nnc1Oc1c(C)cccc1C1CC1. The van der Waals surface area contributed by atoms with Crippen molar-refractivity contribution in [1.29, 1.82) is 0 Å². The van der Waals surface area contributed by atoms with Crippen LogP contribution in [-0.4, -0.2) is 28.4 Å². The highest BCUT2D eigenvalue weighted by molar-refractivity contribution is 6.29. The Morgan fingerprint density at radius 1 is 1.17 bits per heavy atom. The van der Waals surface area contributed by atoms with E-state index in [0.29, 0.717) is 17.4 Å². The van der Waals surface area contributed by atoms with Gasteiger partial charge in [-0.3, -0.25) is 0 Å². The summed E-state index contributed by atoms with van der Waals surface area (Å²) in [5.41, 5.74) is 2.38. The molecule has 1 aliphatic carbocycles. The molecule has 0 N–H and O–H groups in total. The van der Waals surface area contributed by atoms with E-state index in [2.05, 4.69) is 21.2 Å². The standard InChI is InChI=1S/C21H19ClN4O3/c1-13-6-5-7-15(14-9-10-14)19(13)29-20-16(12-17(22)24-25-20)26(21(27)28-2)18-8-3-4-11-23-18/h3-8,11-12,14H,9-10H2,1-2H3. The summed E-state index contributed by atoms with van der Waals surface area (Å²) in [6.07, 6.45) is 3.18. The molecule has 0 aliphatic heterocycles. The van der Waals surface area contributed by atoms with E-state index in [4.69, 9.17) is 21.1 Å². The summed E-state index contributed by atoms with van der Waals surface area (Å²) in [5, 5.41) is 8.14. The van der Waals surface area contributed by atoms with Crippen LogP contribution in [0.5, 0.6) is 11.6 Å². The molecular formula is C21H19ClN4O3. The van der Waals surface area contributed by atoms with Crippen LogP contribution in [0.2, 0.25) is 5.15 Å². The Bertz CT molecular complexity index is 1040. The van der Waals surface area contributed by atoms with Gasteiger partial charge >= 0.3 is 6.09 Å². The molecule has 148 valence electrons. The van der Waals surface area contributed by atoms with Crippen molar-refractivity contribution in [2.24, 2.45) is 0 Å². The van der Waals surface area contributed by atoms with Gasteiger partial charge in [-0.05, 0) is 48.9 Å². The molecule has 0 saturated heterocycles. The number of anilines is 2. The van der Waals surface area contributed by atoms with Crippen molar-refractivity contribution in [3.8, 4) is 11.6 Å². The summed E-state index contributed by atoms with van der Waals surface area (Å²) in [4.78, 5) is 18.1. The quantitative estimate of drug-likeness (QED) is 0.559. The predicted octanol–water partition coefficient (Wildman–Crippen LogP) is 5.41. The fraction of sp³-hybridized carbons (Fsp3) is 0.238. The molecule has 8 heteroatoms. The molecule has 1 aliphatic rings. The van der Waals surface area contributed by atoms with Crippen molar-refractivity contribution in [1.82, 2.24) is 15.2 Å². The molecule has 1 amide bonds. The second-order valence-corrected chi connectivity index (χ2v) is 7.11. The van der Waals surface area contributed by atoms with E-state index in [-0.39, 0.29) is 11.0 Å². The number of carbonyl (C=O) groups is 1. The highest BCUT2D eigenvalue weighted by Gasteiger charge is 2.30. The molecule has 0 radical (unpaired) electrons. The first kappa shape index (κ1) is 19.1. The molecule has 29 heavy (non-hydrogen) atoms. The maximum Gasteiger partial charge on any atom is 0.420 e. The van der Waals surface area contributed by atoms with Gasteiger partial charge in [0.15, 0.2) is 5.15 Å². The smallest absolute Gasteiger partial charge is 0.420 e. The van der Waals surface area contributed by atoms with Crippen LogP contribution in [0.3, 0.4) is 0 Å². The number of hydrogen-bond acceptors (Lipinski definition) is 6. The van der Waals surface area contributed by atoms with E-state index in [1.807, 2.05) is 19.1 Å². The molecule has 2 aromatic heterocycles. The second kappa shape index (κ2) is 8.05. The van der Waals surface area contributed by atoms with E-state index >= 15 is 0 Å². The van der Waals surface area contributed by atoms with Gasteiger partial charge in [0.05, 0.1) is 7.11 Å². The largest absolute Gasteiger partial charge is 0.452 e. The van der Waals surface area contributed by atoms with Gasteiger partial charge < -0.3 is 9.47 Å². The molecule has 0 spiro atoms. The highest BCUT2D eigenvalue weighted by atomic mass is 35.5. The molecule has 1 fully saturated rings. The fourth-order valence-electron chi connectivity index (χ4n) is 3.10. The third-order valence-electron chi connectivity index (χ3n) is 4.65. The van der Waals surface area contributed by atoms with Crippen molar-refractivity contribution >= 4 is 29.2 Å². The first-order valence-electron chi connectivity index (χ1n) is 9.18. The zero-order chi connectivity index (χ0) is 20.4. The Labute approximate surface area is 173 Å². The van der Waals surface area contributed by atoms with Crippen LogP contribution in [-0.2, 0) is 4.74 Å². The van der Waals surface area contributed by atoms with Crippen LogP contribution < -0.4 is 9.64 Å². The van der Waals surface area contributed by atoms with Crippen molar-refractivity contribution in [2.75, 3.05) is 12.0 Å². The number of aryl methyl sites for hydroxylation is 1. The normalized spacial score (nSPS) is 13.1. The van der Waals surface area contributed by atoms with Gasteiger partial charge in [-0.15, -0.1) is 10.2 Å². The first-order valence-corrected chi connectivity index (χ1v) is 9.56. The molecule has 2 heterocycles. The van der Waals surface area contributed by atoms with Crippen LogP contribution in [0, 0.1) is 6.92 Å². The summed E-state index contributed by atoms with van der Waals surface area (Å²) in [6, 6.07) is 12.7. The number of hydrogen-bond donors (Lipinski definition) is 0. The number of pyridine rings is 1. The molecule has 1 aromatic carbocycles.